The lowest BCUT2D eigenvalue weighted by Gasteiger charge is -2.45. The van der Waals surface area contributed by atoms with Crippen LogP contribution in [0.3, 0.4) is 0 Å². The van der Waals surface area contributed by atoms with Crippen molar-refractivity contribution in [3.8, 4) is 34.0 Å². The van der Waals surface area contributed by atoms with Gasteiger partial charge in [-0.05, 0) is 180 Å². The van der Waals surface area contributed by atoms with Crippen LogP contribution in [-0.2, 0) is 27.8 Å². The summed E-state index contributed by atoms with van der Waals surface area (Å²) in [4.78, 5) is 8.61. The van der Waals surface area contributed by atoms with Crippen molar-refractivity contribution in [2.24, 2.45) is 0 Å². The fourth-order valence-electron chi connectivity index (χ4n) is 12.3. The van der Waals surface area contributed by atoms with Crippen LogP contribution in [-0.4, -0.2) is 11.3 Å². The summed E-state index contributed by atoms with van der Waals surface area (Å²) >= 11 is 0. The minimum atomic E-state index is -4.64. The fraction of sp³-hybridized carbons (Fsp3) is 0.233. The molecule has 0 fully saturated rings. The number of benzene rings is 9. The topological polar surface area (TPSA) is 39.6 Å². The number of nitrogens with zero attached hydrogens (tertiary/aromatic N) is 5. The number of aromatic nitrogens is 1. The van der Waals surface area contributed by atoms with Gasteiger partial charge in [0.1, 0.15) is 0 Å². The summed E-state index contributed by atoms with van der Waals surface area (Å²) in [6.45, 7) is 35.2. The minimum Gasteiger partial charge on any atom is -0.311 e. The normalized spacial score (nSPS) is 13.5. The van der Waals surface area contributed by atoms with Crippen LogP contribution in [0.25, 0.3) is 54.6 Å². The summed E-state index contributed by atoms with van der Waals surface area (Å²) in [5, 5.41) is 11.9. The fourth-order valence-corrected chi connectivity index (χ4v) is 12.3. The lowest BCUT2D eigenvalue weighted by molar-refractivity contribution is -0.137. The molecule has 2 aliphatic rings. The Hall–Kier alpha value is -8.79. The maximum Gasteiger partial charge on any atom is 0.416 e. The Morgan fingerprint density at radius 3 is 1.44 bits per heavy atom. The third kappa shape index (κ3) is 9.12. The molecule has 0 aliphatic carbocycles. The van der Waals surface area contributed by atoms with Crippen molar-refractivity contribution < 1.29 is 13.2 Å². The van der Waals surface area contributed by atoms with E-state index >= 15 is 0 Å². The molecule has 9 aromatic carbocycles. The van der Waals surface area contributed by atoms with Crippen molar-refractivity contribution in [2.45, 2.75) is 111 Å². The molecule has 5 nitrogen and oxygen atoms in total. The number of halogens is 3. The maximum absolute atomic E-state index is 14.7. The average Bonchev–Trinajstić information content (AvgIpc) is 1.30. The van der Waals surface area contributed by atoms with E-state index in [-0.39, 0.29) is 45.2 Å². The Bertz CT molecular complexity index is 4120. The largest absolute Gasteiger partial charge is 0.416 e. The molecular weight excluding hydrogens is 1010 g/mol. The average molecular weight is 1080 g/mol. The van der Waals surface area contributed by atoms with E-state index < -0.39 is 11.7 Å². The van der Waals surface area contributed by atoms with Crippen LogP contribution >= 0.6 is 0 Å². The Kier molecular flexibility index (Phi) is 12.4. The van der Waals surface area contributed by atoms with E-state index in [0.717, 1.165) is 79.2 Å². The quantitative estimate of drug-likeness (QED) is 0.127. The second kappa shape index (κ2) is 18.9. The van der Waals surface area contributed by atoms with Gasteiger partial charge in [-0.25, -0.2) is 4.85 Å². The summed E-state index contributed by atoms with van der Waals surface area (Å²) in [6.07, 6.45) is -4.64. The van der Waals surface area contributed by atoms with E-state index in [1.54, 1.807) is 12.1 Å². The van der Waals surface area contributed by atoms with Gasteiger partial charge >= 0.3 is 6.18 Å². The van der Waals surface area contributed by atoms with Gasteiger partial charge in [-0.15, -0.1) is 0 Å². The van der Waals surface area contributed by atoms with Crippen LogP contribution < -0.4 is 26.2 Å². The molecule has 0 atom stereocenters. The molecule has 0 unspecified atom stereocenters. The highest BCUT2D eigenvalue weighted by atomic mass is 19.4. The summed E-state index contributed by atoms with van der Waals surface area (Å²) in [6, 6.07) is 61.8. The summed E-state index contributed by atoms with van der Waals surface area (Å²) in [5.74, 6) is 0. The van der Waals surface area contributed by atoms with Crippen LogP contribution in [0.5, 0.6) is 0 Å². The molecule has 12 rings (SSSR count). The van der Waals surface area contributed by atoms with Gasteiger partial charge in [-0.2, -0.15) is 18.4 Å². The van der Waals surface area contributed by atoms with Crippen molar-refractivity contribution in [2.75, 3.05) is 9.80 Å². The van der Waals surface area contributed by atoms with Gasteiger partial charge in [0, 0.05) is 56.0 Å². The Labute approximate surface area is 480 Å². The molecule has 10 aromatic rings. The maximum atomic E-state index is 14.7. The number of hydrogen-bond donors (Lipinski definition) is 0. The Balaban J connectivity index is 1.17. The summed E-state index contributed by atoms with van der Waals surface area (Å²) in [5.41, 5.74) is 18.9. The lowest BCUT2D eigenvalue weighted by atomic mass is 9.33. The zero-order chi connectivity index (χ0) is 58.2. The monoisotopic (exact) mass is 1080 g/mol. The molecule has 2 aliphatic heterocycles. The summed E-state index contributed by atoms with van der Waals surface area (Å²) in [7, 11) is 0. The first kappa shape index (κ1) is 53.8. The number of nitriles is 1. The van der Waals surface area contributed by atoms with Crippen LogP contribution in [0.15, 0.2) is 176 Å². The molecule has 9 heteroatoms. The number of para-hydroxylation sites is 3. The van der Waals surface area contributed by atoms with Crippen molar-refractivity contribution in [3.05, 3.63) is 221 Å². The van der Waals surface area contributed by atoms with Crippen LogP contribution in [0.2, 0.25) is 0 Å². The standard InChI is InChI=1S/C73H65BF3N5/c1-69(2,3)49-36-50(70(4,5)6)39-54(38-49)80-64-24-18-15-21-59(64)74-60-22-16-19-25-65(60)81(55-40-51(71(7,8)9)37-52(41-55)72(10,11)12)67-35-46(34-66(80)68(67)74)45-26-28-63-58(33-45)56-20-14-17-23-61(56)82(63)62-29-27-48(73(75,76)77)42-57(62)47-30-44(43-78)31-53(32-47)79-13/h14-42H,1-12H3. The van der Waals surface area contributed by atoms with Gasteiger partial charge in [0.2, 0.25) is 0 Å². The van der Waals surface area contributed by atoms with Crippen LogP contribution in [0, 0.1) is 17.9 Å². The molecule has 406 valence electrons. The SMILES string of the molecule is [C-]#[N+]c1cc(C#N)cc(-c2cc(C(F)(F)F)ccc2-n2c3ccccc3c3cc(-c4cc5c6c(c4)N(c4cc(C(C)(C)C)cc(C(C)(C)C)c4)c4ccccc4B6c4ccccc4N5c4cc(C(C)(C)C)cc(C(C)(C)C)c4)ccc32)c1. The van der Waals surface area contributed by atoms with Gasteiger partial charge in [0.15, 0.2) is 5.69 Å². The second-order valence-corrected chi connectivity index (χ2v) is 26.5. The number of fused-ring (bicyclic) bond motifs is 7. The Morgan fingerprint density at radius 2 is 0.939 bits per heavy atom. The first-order valence-corrected chi connectivity index (χ1v) is 28.2. The zero-order valence-electron chi connectivity index (χ0n) is 48.7. The van der Waals surface area contributed by atoms with Crippen molar-refractivity contribution in [1.29, 1.82) is 5.26 Å². The van der Waals surface area contributed by atoms with E-state index in [1.807, 2.05) is 22.8 Å². The van der Waals surface area contributed by atoms with E-state index in [9.17, 15) is 18.4 Å². The highest BCUT2D eigenvalue weighted by Gasteiger charge is 2.44. The number of hydrogen-bond acceptors (Lipinski definition) is 3. The molecular formula is C73H65BF3N5. The molecule has 0 saturated carbocycles. The van der Waals surface area contributed by atoms with E-state index in [2.05, 4.69) is 225 Å². The third-order valence-corrected chi connectivity index (χ3v) is 16.8. The van der Waals surface area contributed by atoms with E-state index in [4.69, 9.17) is 6.57 Å². The number of anilines is 6. The molecule has 0 bridgehead atoms. The first-order valence-electron chi connectivity index (χ1n) is 28.2. The van der Waals surface area contributed by atoms with E-state index in [0.29, 0.717) is 11.3 Å². The van der Waals surface area contributed by atoms with Gasteiger partial charge in [-0.1, -0.05) is 156 Å². The highest BCUT2D eigenvalue weighted by molar-refractivity contribution is 7.00. The molecule has 0 saturated heterocycles. The lowest BCUT2D eigenvalue weighted by Crippen LogP contribution is -2.61. The van der Waals surface area contributed by atoms with Gasteiger partial charge < -0.3 is 14.4 Å². The van der Waals surface area contributed by atoms with Crippen LogP contribution in [0.4, 0.5) is 53.0 Å². The number of rotatable bonds is 5. The summed E-state index contributed by atoms with van der Waals surface area (Å²) < 4.78 is 46.1. The smallest absolute Gasteiger partial charge is 0.311 e. The minimum absolute atomic E-state index is 0.0992. The molecule has 82 heavy (non-hydrogen) atoms. The second-order valence-electron chi connectivity index (χ2n) is 26.5. The van der Waals surface area contributed by atoms with Gasteiger partial charge in [0.25, 0.3) is 6.71 Å². The first-order chi connectivity index (χ1) is 38.7. The molecule has 3 heterocycles. The third-order valence-electron chi connectivity index (χ3n) is 16.8. The van der Waals surface area contributed by atoms with Gasteiger partial charge in [-0.3, -0.25) is 0 Å². The zero-order valence-corrected chi connectivity index (χ0v) is 48.7. The highest BCUT2D eigenvalue weighted by Crippen LogP contribution is 2.50. The Morgan fingerprint density at radius 1 is 0.439 bits per heavy atom. The predicted molar refractivity (Wildman–Crippen MR) is 336 cm³/mol. The van der Waals surface area contributed by atoms with Crippen molar-refractivity contribution in [1.82, 2.24) is 4.57 Å². The number of alkyl halides is 3. The van der Waals surface area contributed by atoms with E-state index in [1.165, 1.54) is 50.8 Å². The molecule has 0 amide bonds. The molecule has 0 N–H and O–H groups in total. The molecule has 1 aromatic heterocycles. The van der Waals surface area contributed by atoms with Crippen LogP contribution in [0.1, 0.15) is 116 Å². The molecule has 0 spiro atoms. The predicted octanol–water partition coefficient (Wildman–Crippen LogP) is 18.8. The molecule has 0 radical (unpaired) electrons. The van der Waals surface area contributed by atoms with Crippen molar-refractivity contribution in [3.63, 3.8) is 0 Å². The van der Waals surface area contributed by atoms with Gasteiger partial charge in [0.05, 0.1) is 34.9 Å². The van der Waals surface area contributed by atoms with Crippen molar-refractivity contribution >= 4 is 84.7 Å².